The Bertz CT molecular complexity index is 478. The second kappa shape index (κ2) is 4.63. The molecule has 1 aliphatic rings. The molecule has 0 aliphatic heterocycles. The molecule has 90 valence electrons. The van der Waals surface area contributed by atoms with Crippen molar-refractivity contribution in [1.29, 1.82) is 0 Å². The molecule has 0 amide bonds. The summed E-state index contributed by atoms with van der Waals surface area (Å²) in [6.45, 7) is 0. The Morgan fingerprint density at radius 2 is 2.18 bits per heavy atom. The van der Waals surface area contributed by atoms with Gasteiger partial charge < -0.3 is 10.5 Å². The fourth-order valence-electron chi connectivity index (χ4n) is 2.33. The van der Waals surface area contributed by atoms with Crippen LogP contribution < -0.4 is 10.5 Å². The van der Waals surface area contributed by atoms with Gasteiger partial charge in [-0.05, 0) is 37.8 Å². The normalized spacial score (nSPS) is 25.0. The van der Waals surface area contributed by atoms with Gasteiger partial charge in [0.1, 0.15) is 6.10 Å². The van der Waals surface area contributed by atoms with Crippen molar-refractivity contribution in [3.8, 4) is 5.19 Å². The van der Waals surface area contributed by atoms with E-state index in [0.717, 1.165) is 36.4 Å². The molecule has 1 aliphatic carbocycles. The molecule has 2 atom stereocenters. The van der Waals surface area contributed by atoms with Crippen molar-refractivity contribution in [2.24, 2.45) is 5.73 Å². The lowest BCUT2D eigenvalue weighted by Crippen LogP contribution is -2.33. The van der Waals surface area contributed by atoms with Crippen LogP contribution in [0.2, 0.25) is 0 Å². The van der Waals surface area contributed by atoms with E-state index in [0.29, 0.717) is 6.04 Å². The molecule has 1 saturated carbocycles. The Labute approximate surface area is 105 Å². The van der Waals surface area contributed by atoms with Gasteiger partial charge in [0.2, 0.25) is 0 Å². The molecule has 0 bridgehead atoms. The van der Waals surface area contributed by atoms with E-state index in [1.165, 1.54) is 4.70 Å². The zero-order chi connectivity index (χ0) is 11.7. The summed E-state index contributed by atoms with van der Waals surface area (Å²) < 4.78 is 7.12. The minimum Gasteiger partial charge on any atom is -0.467 e. The minimum absolute atomic E-state index is 0.249. The number of ether oxygens (including phenoxy) is 1. The first kappa shape index (κ1) is 11.0. The van der Waals surface area contributed by atoms with Crippen LogP contribution in [0.4, 0.5) is 0 Å². The summed E-state index contributed by atoms with van der Waals surface area (Å²) in [4.78, 5) is 4.49. The molecular formula is C13H16N2OS. The van der Waals surface area contributed by atoms with Crippen molar-refractivity contribution in [2.45, 2.75) is 37.8 Å². The van der Waals surface area contributed by atoms with Crippen LogP contribution in [0.15, 0.2) is 24.3 Å². The number of hydrogen-bond acceptors (Lipinski definition) is 4. The number of rotatable bonds is 2. The third-order valence-electron chi connectivity index (χ3n) is 3.21. The third-order valence-corrected chi connectivity index (χ3v) is 4.14. The Balaban J connectivity index is 1.75. The number of benzene rings is 1. The van der Waals surface area contributed by atoms with Gasteiger partial charge in [0.05, 0.1) is 10.2 Å². The Morgan fingerprint density at radius 1 is 1.29 bits per heavy atom. The topological polar surface area (TPSA) is 48.1 Å². The van der Waals surface area contributed by atoms with E-state index in [2.05, 4.69) is 11.1 Å². The van der Waals surface area contributed by atoms with E-state index in [4.69, 9.17) is 10.5 Å². The molecule has 0 saturated heterocycles. The zero-order valence-electron chi connectivity index (χ0n) is 9.63. The highest BCUT2D eigenvalue weighted by Crippen LogP contribution is 2.30. The molecule has 0 spiro atoms. The molecule has 1 heterocycles. The van der Waals surface area contributed by atoms with E-state index >= 15 is 0 Å². The highest BCUT2D eigenvalue weighted by Gasteiger charge is 2.21. The van der Waals surface area contributed by atoms with E-state index in [-0.39, 0.29) is 6.10 Å². The van der Waals surface area contributed by atoms with Gasteiger partial charge in [-0.3, -0.25) is 0 Å². The third kappa shape index (κ3) is 2.42. The number of aromatic nitrogens is 1. The fraction of sp³-hybridized carbons (Fsp3) is 0.462. The molecular weight excluding hydrogens is 232 g/mol. The molecule has 1 fully saturated rings. The Morgan fingerprint density at radius 3 is 3.00 bits per heavy atom. The van der Waals surface area contributed by atoms with Crippen molar-refractivity contribution in [1.82, 2.24) is 4.98 Å². The van der Waals surface area contributed by atoms with Crippen LogP contribution in [0, 0.1) is 0 Å². The quantitative estimate of drug-likeness (QED) is 0.889. The lowest BCUT2D eigenvalue weighted by molar-refractivity contribution is 0.144. The van der Waals surface area contributed by atoms with Gasteiger partial charge in [0.25, 0.3) is 5.19 Å². The summed E-state index contributed by atoms with van der Waals surface area (Å²) in [5, 5.41) is 0.783. The molecule has 2 aromatic rings. The van der Waals surface area contributed by atoms with Crippen LogP contribution >= 0.6 is 11.3 Å². The fourth-order valence-corrected chi connectivity index (χ4v) is 3.21. The number of thiazole rings is 1. The number of para-hydroxylation sites is 1. The van der Waals surface area contributed by atoms with Gasteiger partial charge in [-0.1, -0.05) is 23.5 Å². The first-order valence-electron chi connectivity index (χ1n) is 6.09. The van der Waals surface area contributed by atoms with Gasteiger partial charge in [-0.25, -0.2) is 4.98 Å². The summed E-state index contributed by atoms with van der Waals surface area (Å²) in [7, 11) is 0. The standard InChI is InChI=1S/C13H16N2OS/c14-9-4-3-5-10(8-9)16-13-15-11-6-1-2-7-12(11)17-13/h1-2,6-7,9-10H,3-5,8,14H2. The van der Waals surface area contributed by atoms with Crippen LogP contribution in [0.3, 0.4) is 0 Å². The highest BCUT2D eigenvalue weighted by atomic mass is 32.1. The Hall–Kier alpha value is -1.13. The van der Waals surface area contributed by atoms with E-state index in [1.807, 2.05) is 18.2 Å². The maximum atomic E-state index is 5.96. The summed E-state index contributed by atoms with van der Waals surface area (Å²) in [5.41, 5.74) is 6.98. The lowest BCUT2D eigenvalue weighted by atomic mass is 9.94. The molecule has 1 aromatic carbocycles. The summed E-state index contributed by atoms with van der Waals surface area (Å²) in [6.07, 6.45) is 4.59. The van der Waals surface area contributed by atoms with Crippen LogP contribution in [0.5, 0.6) is 5.19 Å². The maximum absolute atomic E-state index is 5.96. The van der Waals surface area contributed by atoms with Gasteiger partial charge >= 0.3 is 0 Å². The van der Waals surface area contributed by atoms with Crippen LogP contribution in [-0.4, -0.2) is 17.1 Å². The van der Waals surface area contributed by atoms with Crippen LogP contribution in [-0.2, 0) is 0 Å². The van der Waals surface area contributed by atoms with E-state index in [9.17, 15) is 0 Å². The van der Waals surface area contributed by atoms with Crippen LogP contribution in [0.1, 0.15) is 25.7 Å². The van der Waals surface area contributed by atoms with Gasteiger partial charge in [-0.15, -0.1) is 0 Å². The molecule has 4 heteroatoms. The SMILES string of the molecule is NC1CCCC(Oc2nc3ccccc3s2)C1. The minimum atomic E-state index is 0.249. The summed E-state index contributed by atoms with van der Waals surface area (Å²) in [5.74, 6) is 0. The van der Waals surface area contributed by atoms with E-state index in [1.54, 1.807) is 11.3 Å². The average molecular weight is 248 g/mol. The molecule has 3 nitrogen and oxygen atoms in total. The van der Waals surface area contributed by atoms with Crippen molar-refractivity contribution >= 4 is 21.6 Å². The van der Waals surface area contributed by atoms with E-state index < -0.39 is 0 Å². The van der Waals surface area contributed by atoms with Crippen molar-refractivity contribution in [3.05, 3.63) is 24.3 Å². The zero-order valence-corrected chi connectivity index (χ0v) is 10.5. The Kier molecular flexibility index (Phi) is 2.99. The second-order valence-electron chi connectivity index (χ2n) is 4.61. The van der Waals surface area contributed by atoms with Crippen molar-refractivity contribution < 1.29 is 4.74 Å². The monoisotopic (exact) mass is 248 g/mol. The number of hydrogen-bond donors (Lipinski definition) is 1. The molecule has 17 heavy (non-hydrogen) atoms. The molecule has 2 unspecified atom stereocenters. The first-order valence-corrected chi connectivity index (χ1v) is 6.91. The maximum Gasteiger partial charge on any atom is 0.274 e. The number of nitrogens with two attached hydrogens (primary N) is 1. The predicted molar refractivity (Wildman–Crippen MR) is 70.5 cm³/mol. The second-order valence-corrected chi connectivity index (χ2v) is 5.61. The smallest absolute Gasteiger partial charge is 0.274 e. The van der Waals surface area contributed by atoms with Gasteiger partial charge in [0, 0.05) is 6.04 Å². The number of fused-ring (bicyclic) bond motifs is 1. The van der Waals surface area contributed by atoms with Crippen LogP contribution in [0.25, 0.3) is 10.2 Å². The first-order chi connectivity index (χ1) is 8.31. The van der Waals surface area contributed by atoms with Crippen molar-refractivity contribution in [3.63, 3.8) is 0 Å². The summed E-state index contributed by atoms with van der Waals surface area (Å²) in [6, 6.07) is 8.42. The predicted octanol–water partition coefficient (Wildman–Crippen LogP) is 2.95. The van der Waals surface area contributed by atoms with Crippen molar-refractivity contribution in [2.75, 3.05) is 0 Å². The molecule has 2 N–H and O–H groups in total. The number of nitrogens with zero attached hydrogens (tertiary/aromatic N) is 1. The van der Waals surface area contributed by atoms with Gasteiger partial charge in [-0.2, -0.15) is 0 Å². The molecule has 3 rings (SSSR count). The molecule has 1 aromatic heterocycles. The average Bonchev–Trinajstić information content (AvgIpc) is 2.71. The summed E-state index contributed by atoms with van der Waals surface area (Å²) >= 11 is 1.62. The lowest BCUT2D eigenvalue weighted by Gasteiger charge is -2.26. The largest absolute Gasteiger partial charge is 0.467 e. The highest BCUT2D eigenvalue weighted by molar-refractivity contribution is 7.20. The van der Waals surface area contributed by atoms with Gasteiger partial charge in [0.15, 0.2) is 0 Å². The molecule has 0 radical (unpaired) electrons.